The Kier molecular flexibility index (Phi) is 7.53. The number of furan rings is 1. The molecule has 4 rings (SSSR count). The summed E-state index contributed by atoms with van der Waals surface area (Å²) in [6.45, 7) is -0.403. The molecule has 190 valence electrons. The van der Waals surface area contributed by atoms with Gasteiger partial charge in [-0.2, -0.15) is 0 Å². The Hall–Kier alpha value is -5.06. The Labute approximate surface area is 211 Å². The van der Waals surface area contributed by atoms with Crippen molar-refractivity contribution in [3.8, 4) is 11.5 Å². The lowest BCUT2D eigenvalue weighted by atomic mass is 10.1. The zero-order valence-corrected chi connectivity index (χ0v) is 20.0. The van der Waals surface area contributed by atoms with Crippen LogP contribution in [0.3, 0.4) is 0 Å². The predicted molar refractivity (Wildman–Crippen MR) is 131 cm³/mol. The van der Waals surface area contributed by atoms with Crippen LogP contribution in [0.2, 0.25) is 0 Å². The van der Waals surface area contributed by atoms with E-state index >= 15 is 0 Å². The van der Waals surface area contributed by atoms with Crippen molar-refractivity contribution in [1.29, 1.82) is 0 Å². The molecule has 2 aromatic carbocycles. The Balaban J connectivity index is 1.41. The van der Waals surface area contributed by atoms with Crippen molar-refractivity contribution in [2.75, 3.05) is 26.1 Å². The number of ether oxygens (including phenoxy) is 3. The Bertz CT molecular complexity index is 1360. The first-order valence-corrected chi connectivity index (χ1v) is 11.0. The number of nitrogens with one attached hydrogen (secondary N) is 2. The van der Waals surface area contributed by atoms with Gasteiger partial charge >= 0.3 is 12.0 Å². The average Bonchev–Trinajstić information content (AvgIpc) is 3.48. The molecular formula is C26H23N3O8. The van der Waals surface area contributed by atoms with Crippen LogP contribution in [0.15, 0.2) is 70.8 Å². The van der Waals surface area contributed by atoms with Crippen molar-refractivity contribution < 1.29 is 37.8 Å². The number of benzene rings is 2. The van der Waals surface area contributed by atoms with E-state index in [0.717, 1.165) is 4.90 Å². The van der Waals surface area contributed by atoms with Crippen molar-refractivity contribution in [3.63, 3.8) is 0 Å². The molecular weight excluding hydrogens is 482 g/mol. The molecule has 11 heteroatoms. The van der Waals surface area contributed by atoms with Crippen molar-refractivity contribution >= 4 is 35.6 Å². The number of hydrogen-bond acceptors (Lipinski definition) is 8. The first-order chi connectivity index (χ1) is 17.9. The van der Waals surface area contributed by atoms with E-state index in [2.05, 4.69) is 15.4 Å². The second kappa shape index (κ2) is 11.1. The Morgan fingerprint density at radius 2 is 1.81 bits per heavy atom. The predicted octanol–water partition coefficient (Wildman–Crippen LogP) is 3.19. The van der Waals surface area contributed by atoms with Gasteiger partial charge in [-0.1, -0.05) is 24.3 Å². The van der Waals surface area contributed by atoms with Gasteiger partial charge in [0.25, 0.3) is 5.91 Å². The minimum Gasteiger partial charge on any atom is -0.493 e. The molecule has 0 saturated carbocycles. The lowest BCUT2D eigenvalue weighted by Gasteiger charge is -2.12. The zero-order valence-electron chi connectivity index (χ0n) is 20.0. The fourth-order valence-electron chi connectivity index (χ4n) is 3.46. The molecule has 0 atom stereocenters. The highest BCUT2D eigenvalue weighted by molar-refractivity contribution is 6.16. The van der Waals surface area contributed by atoms with Crippen LogP contribution in [0.4, 0.5) is 10.5 Å². The van der Waals surface area contributed by atoms with Gasteiger partial charge in [0.05, 0.1) is 14.2 Å². The maximum absolute atomic E-state index is 12.8. The van der Waals surface area contributed by atoms with E-state index < -0.39 is 30.4 Å². The van der Waals surface area contributed by atoms with Crippen molar-refractivity contribution in [3.05, 3.63) is 83.4 Å². The Morgan fingerprint density at radius 3 is 2.54 bits per heavy atom. The van der Waals surface area contributed by atoms with Crippen molar-refractivity contribution in [2.45, 2.75) is 6.61 Å². The molecule has 1 aliphatic heterocycles. The molecule has 1 saturated heterocycles. The van der Waals surface area contributed by atoms with Gasteiger partial charge in [0, 0.05) is 5.69 Å². The van der Waals surface area contributed by atoms with Gasteiger partial charge in [0.1, 0.15) is 24.6 Å². The summed E-state index contributed by atoms with van der Waals surface area (Å²) >= 11 is 0. The number of nitrogens with zero attached hydrogens (tertiary/aromatic N) is 1. The number of methoxy groups -OCH3 is 2. The number of amides is 4. The number of para-hydroxylation sites is 1. The molecule has 0 spiro atoms. The third-order valence-electron chi connectivity index (χ3n) is 5.24. The average molecular weight is 505 g/mol. The van der Waals surface area contributed by atoms with E-state index in [-0.39, 0.29) is 18.1 Å². The summed E-state index contributed by atoms with van der Waals surface area (Å²) in [6.07, 6.45) is 1.47. The molecule has 0 bridgehead atoms. The summed E-state index contributed by atoms with van der Waals surface area (Å²) in [7, 11) is 2.71. The first-order valence-electron chi connectivity index (χ1n) is 11.0. The van der Waals surface area contributed by atoms with Crippen LogP contribution >= 0.6 is 0 Å². The molecule has 0 radical (unpaired) electrons. The lowest BCUT2D eigenvalue weighted by Crippen LogP contribution is -2.38. The van der Waals surface area contributed by atoms with Gasteiger partial charge < -0.3 is 29.3 Å². The molecule has 2 N–H and O–H groups in total. The van der Waals surface area contributed by atoms with Gasteiger partial charge in [0.15, 0.2) is 11.5 Å². The minimum absolute atomic E-state index is 0.0131. The number of imide groups is 1. The van der Waals surface area contributed by atoms with Gasteiger partial charge in [-0.25, -0.2) is 14.5 Å². The quantitative estimate of drug-likeness (QED) is 0.257. The summed E-state index contributed by atoms with van der Waals surface area (Å²) < 4.78 is 21.1. The summed E-state index contributed by atoms with van der Waals surface area (Å²) in [5, 5.41) is 5.12. The third-order valence-corrected chi connectivity index (χ3v) is 5.24. The maximum Gasteiger partial charge on any atom is 0.373 e. The SMILES string of the molecule is COC(=O)c1ccc(COc2ccc(/C=C3/NC(=O)N(CC(=O)Nc4ccccc4)C3=O)cc2OC)o1. The first kappa shape index (κ1) is 25.0. The number of anilines is 1. The smallest absolute Gasteiger partial charge is 0.373 e. The summed E-state index contributed by atoms with van der Waals surface area (Å²) in [4.78, 5) is 49.7. The van der Waals surface area contributed by atoms with Crippen LogP contribution in [0.25, 0.3) is 6.08 Å². The second-order valence-corrected chi connectivity index (χ2v) is 7.75. The van der Waals surface area contributed by atoms with E-state index in [9.17, 15) is 19.2 Å². The normalized spacial score (nSPS) is 13.9. The molecule has 11 nitrogen and oxygen atoms in total. The van der Waals surface area contributed by atoms with Crippen LogP contribution in [0.5, 0.6) is 11.5 Å². The fraction of sp³-hybridized carbons (Fsp3) is 0.154. The summed E-state index contributed by atoms with van der Waals surface area (Å²) in [5.74, 6) is -0.507. The van der Waals surface area contributed by atoms with Crippen molar-refractivity contribution in [1.82, 2.24) is 10.2 Å². The molecule has 2 heterocycles. The van der Waals surface area contributed by atoms with Crippen molar-refractivity contribution in [2.24, 2.45) is 0 Å². The lowest BCUT2D eigenvalue weighted by molar-refractivity contribution is -0.127. The van der Waals surface area contributed by atoms with E-state index in [0.29, 0.717) is 28.5 Å². The second-order valence-electron chi connectivity index (χ2n) is 7.75. The number of rotatable bonds is 9. The molecule has 37 heavy (non-hydrogen) atoms. The highest BCUT2D eigenvalue weighted by atomic mass is 16.5. The van der Waals surface area contributed by atoms with Gasteiger partial charge in [-0.15, -0.1) is 0 Å². The zero-order chi connectivity index (χ0) is 26.4. The summed E-state index contributed by atoms with van der Waals surface area (Å²) in [5.41, 5.74) is 1.12. The molecule has 0 unspecified atom stereocenters. The van der Waals surface area contributed by atoms with Crippen LogP contribution < -0.4 is 20.1 Å². The van der Waals surface area contributed by atoms with Crippen LogP contribution in [-0.2, 0) is 20.9 Å². The molecule has 4 amide bonds. The number of hydrogen-bond donors (Lipinski definition) is 2. The highest BCUT2D eigenvalue weighted by Crippen LogP contribution is 2.30. The van der Waals surface area contributed by atoms with Crippen LogP contribution in [0, 0.1) is 0 Å². The van der Waals surface area contributed by atoms with Gasteiger partial charge in [-0.3, -0.25) is 9.59 Å². The number of carbonyl (C=O) groups excluding carboxylic acids is 4. The molecule has 3 aromatic rings. The van der Waals surface area contributed by atoms with E-state index in [4.69, 9.17) is 13.9 Å². The highest BCUT2D eigenvalue weighted by Gasteiger charge is 2.35. The summed E-state index contributed by atoms with van der Waals surface area (Å²) in [6, 6.07) is 16.0. The topological polar surface area (TPSA) is 136 Å². The Morgan fingerprint density at radius 1 is 1.03 bits per heavy atom. The van der Waals surface area contributed by atoms with E-state index in [1.165, 1.54) is 26.4 Å². The third kappa shape index (κ3) is 5.96. The minimum atomic E-state index is -0.698. The van der Waals surface area contributed by atoms with Crippen LogP contribution in [-0.4, -0.2) is 49.5 Å². The maximum atomic E-state index is 12.8. The molecule has 0 aliphatic carbocycles. The number of carbonyl (C=O) groups is 4. The molecule has 1 aromatic heterocycles. The number of esters is 1. The monoisotopic (exact) mass is 505 g/mol. The fourth-order valence-corrected chi connectivity index (χ4v) is 3.46. The number of urea groups is 1. The van der Waals surface area contributed by atoms with Crippen LogP contribution in [0.1, 0.15) is 21.9 Å². The largest absolute Gasteiger partial charge is 0.493 e. The standard InChI is InChI=1S/C26H23N3O8/c1-34-22-13-16(8-10-20(22)36-15-18-9-11-21(37-18)25(32)35-2)12-19-24(31)29(26(33)28-19)14-23(30)27-17-6-4-3-5-7-17/h3-13H,14-15H2,1-2H3,(H,27,30)(H,28,33)/b19-12+. The molecule has 1 aliphatic rings. The van der Waals surface area contributed by atoms with E-state index in [1.54, 1.807) is 54.6 Å². The van der Waals surface area contributed by atoms with E-state index in [1.807, 2.05) is 0 Å². The van der Waals surface area contributed by atoms with Gasteiger partial charge in [-0.05, 0) is 48.0 Å². The van der Waals surface area contributed by atoms with Gasteiger partial charge in [0.2, 0.25) is 11.7 Å². The molecule has 1 fully saturated rings.